The van der Waals surface area contributed by atoms with Crippen molar-refractivity contribution in [3.8, 4) is 0 Å². The molecule has 3 rings (SSSR count). The summed E-state index contributed by atoms with van der Waals surface area (Å²) < 4.78 is 10.2. The van der Waals surface area contributed by atoms with Gasteiger partial charge in [0, 0.05) is 16.2 Å². The first kappa shape index (κ1) is 20.5. The zero-order valence-corrected chi connectivity index (χ0v) is 17.4. The first-order valence-electron chi connectivity index (χ1n) is 9.38. The Hall–Kier alpha value is -2.19. The zero-order valence-electron chi connectivity index (χ0n) is 15.7. The Balaban J connectivity index is 1.49. The van der Waals surface area contributed by atoms with Crippen molar-refractivity contribution in [1.29, 1.82) is 0 Å². The zero-order chi connectivity index (χ0) is 19.9. The fourth-order valence-corrected chi connectivity index (χ4v) is 5.20. The van der Waals surface area contributed by atoms with Gasteiger partial charge in [-0.3, -0.25) is 9.59 Å². The molecule has 0 radical (unpaired) electrons. The minimum atomic E-state index is -0.447. The molecule has 150 valence electrons. The minimum absolute atomic E-state index is 0.270. The van der Waals surface area contributed by atoms with Crippen molar-refractivity contribution in [1.82, 2.24) is 0 Å². The largest absolute Gasteiger partial charge is 0.462 e. The van der Waals surface area contributed by atoms with Gasteiger partial charge in [-0.1, -0.05) is 6.07 Å². The number of amides is 1. The van der Waals surface area contributed by atoms with E-state index in [-0.39, 0.29) is 19.6 Å². The lowest BCUT2D eigenvalue weighted by molar-refractivity contribution is -0.147. The molecule has 0 saturated heterocycles. The smallest absolute Gasteiger partial charge is 0.341 e. The number of rotatable bonds is 9. The van der Waals surface area contributed by atoms with E-state index in [1.807, 2.05) is 17.5 Å². The van der Waals surface area contributed by atoms with E-state index in [1.54, 1.807) is 18.3 Å². The summed E-state index contributed by atoms with van der Waals surface area (Å²) >= 11 is 3.06. The standard InChI is InChI=1S/C20H23NO5S2/c1-2-25-20(24)18-14-8-4-9-15(14)28-19(18)21-16(22)12-26-17(23)10-3-6-13-7-5-11-27-13/h5,7,11H,2-4,6,8-10,12H2,1H3,(H,21,22). The Morgan fingerprint density at radius 2 is 2.07 bits per heavy atom. The van der Waals surface area contributed by atoms with Gasteiger partial charge in [-0.25, -0.2) is 4.79 Å². The Bertz CT molecular complexity index is 841. The molecule has 0 aliphatic heterocycles. The highest BCUT2D eigenvalue weighted by Crippen LogP contribution is 2.39. The van der Waals surface area contributed by atoms with Crippen LogP contribution in [0.4, 0.5) is 5.00 Å². The number of nitrogens with one attached hydrogen (secondary N) is 1. The number of anilines is 1. The van der Waals surface area contributed by atoms with E-state index < -0.39 is 17.8 Å². The van der Waals surface area contributed by atoms with Gasteiger partial charge in [-0.15, -0.1) is 22.7 Å². The van der Waals surface area contributed by atoms with Crippen molar-refractivity contribution < 1.29 is 23.9 Å². The van der Waals surface area contributed by atoms with E-state index >= 15 is 0 Å². The lowest BCUT2D eigenvalue weighted by Crippen LogP contribution is -2.21. The molecule has 1 amide bonds. The van der Waals surface area contributed by atoms with Crippen LogP contribution in [0.25, 0.3) is 0 Å². The second kappa shape index (κ2) is 9.84. The predicted molar refractivity (Wildman–Crippen MR) is 109 cm³/mol. The third kappa shape index (κ3) is 5.20. The summed E-state index contributed by atoms with van der Waals surface area (Å²) in [5, 5.41) is 5.21. The lowest BCUT2D eigenvalue weighted by atomic mass is 10.1. The Morgan fingerprint density at radius 1 is 1.21 bits per heavy atom. The highest BCUT2D eigenvalue weighted by molar-refractivity contribution is 7.17. The van der Waals surface area contributed by atoms with Crippen LogP contribution in [0.1, 0.15) is 51.9 Å². The second-order valence-electron chi connectivity index (χ2n) is 6.42. The first-order valence-corrected chi connectivity index (χ1v) is 11.1. The molecular formula is C20H23NO5S2. The summed E-state index contributed by atoms with van der Waals surface area (Å²) in [4.78, 5) is 38.7. The third-order valence-corrected chi connectivity index (χ3v) is 6.55. The summed E-state index contributed by atoms with van der Waals surface area (Å²) in [5.41, 5.74) is 1.43. The quantitative estimate of drug-likeness (QED) is 0.620. The molecule has 0 fully saturated rings. The van der Waals surface area contributed by atoms with Crippen LogP contribution >= 0.6 is 22.7 Å². The van der Waals surface area contributed by atoms with Crippen LogP contribution in [0.15, 0.2) is 17.5 Å². The van der Waals surface area contributed by atoms with E-state index in [1.165, 1.54) is 16.2 Å². The fourth-order valence-electron chi connectivity index (χ4n) is 3.15. The number of ether oxygens (including phenoxy) is 2. The van der Waals surface area contributed by atoms with Gasteiger partial charge in [0.1, 0.15) is 5.00 Å². The molecule has 8 heteroatoms. The van der Waals surface area contributed by atoms with Gasteiger partial charge in [0.25, 0.3) is 5.91 Å². The number of carbonyl (C=O) groups excluding carboxylic acids is 3. The monoisotopic (exact) mass is 421 g/mol. The molecule has 0 saturated carbocycles. The maximum atomic E-state index is 12.3. The maximum Gasteiger partial charge on any atom is 0.341 e. The highest BCUT2D eigenvalue weighted by atomic mass is 32.1. The van der Waals surface area contributed by atoms with E-state index in [0.29, 0.717) is 17.0 Å². The van der Waals surface area contributed by atoms with Gasteiger partial charge in [0.05, 0.1) is 12.2 Å². The van der Waals surface area contributed by atoms with Gasteiger partial charge < -0.3 is 14.8 Å². The van der Waals surface area contributed by atoms with Crippen LogP contribution in [-0.2, 0) is 38.3 Å². The van der Waals surface area contributed by atoms with Gasteiger partial charge in [-0.2, -0.15) is 0 Å². The summed E-state index contributed by atoms with van der Waals surface area (Å²) in [5.74, 6) is -1.26. The summed E-state index contributed by atoms with van der Waals surface area (Å²) in [6.45, 7) is 1.67. The van der Waals surface area contributed by atoms with Crippen LogP contribution in [0.3, 0.4) is 0 Å². The summed E-state index contributed by atoms with van der Waals surface area (Å²) in [7, 11) is 0. The van der Waals surface area contributed by atoms with Gasteiger partial charge in [-0.05, 0) is 56.0 Å². The fraction of sp³-hybridized carbons (Fsp3) is 0.450. The third-order valence-electron chi connectivity index (χ3n) is 4.40. The van der Waals surface area contributed by atoms with Crippen molar-refractivity contribution in [2.45, 2.75) is 45.4 Å². The van der Waals surface area contributed by atoms with Crippen LogP contribution in [0.5, 0.6) is 0 Å². The van der Waals surface area contributed by atoms with Crippen LogP contribution in [-0.4, -0.2) is 31.1 Å². The molecular weight excluding hydrogens is 398 g/mol. The number of fused-ring (bicyclic) bond motifs is 1. The number of thiophene rings is 2. The van der Waals surface area contributed by atoms with Crippen molar-refractivity contribution in [2.75, 3.05) is 18.5 Å². The number of hydrogen-bond acceptors (Lipinski definition) is 7. The van der Waals surface area contributed by atoms with Gasteiger partial charge >= 0.3 is 11.9 Å². The minimum Gasteiger partial charge on any atom is -0.462 e. The first-order chi connectivity index (χ1) is 13.6. The molecule has 2 heterocycles. The topological polar surface area (TPSA) is 81.7 Å². The van der Waals surface area contributed by atoms with Crippen molar-refractivity contribution in [3.63, 3.8) is 0 Å². The predicted octanol–water partition coefficient (Wildman–Crippen LogP) is 3.98. The summed E-state index contributed by atoms with van der Waals surface area (Å²) in [6, 6.07) is 4.01. The molecule has 0 unspecified atom stereocenters. The normalized spacial score (nSPS) is 12.5. The molecule has 1 aliphatic rings. The Labute approximate surface area is 171 Å². The molecule has 28 heavy (non-hydrogen) atoms. The lowest BCUT2D eigenvalue weighted by Gasteiger charge is -2.08. The molecule has 0 atom stereocenters. The maximum absolute atomic E-state index is 12.3. The average molecular weight is 422 g/mol. The van der Waals surface area contributed by atoms with Crippen LogP contribution < -0.4 is 5.32 Å². The van der Waals surface area contributed by atoms with Gasteiger partial charge in [0.15, 0.2) is 6.61 Å². The van der Waals surface area contributed by atoms with Crippen LogP contribution in [0, 0.1) is 0 Å². The van der Waals surface area contributed by atoms with E-state index in [4.69, 9.17) is 9.47 Å². The molecule has 2 aromatic heterocycles. The molecule has 2 aromatic rings. The molecule has 6 nitrogen and oxygen atoms in total. The second-order valence-corrected chi connectivity index (χ2v) is 8.56. The van der Waals surface area contributed by atoms with E-state index in [2.05, 4.69) is 5.32 Å². The SMILES string of the molecule is CCOC(=O)c1c(NC(=O)COC(=O)CCCc2cccs2)sc2c1CCC2. The van der Waals surface area contributed by atoms with Crippen molar-refractivity contribution >= 4 is 45.5 Å². The van der Waals surface area contributed by atoms with Crippen LogP contribution in [0.2, 0.25) is 0 Å². The molecule has 0 bridgehead atoms. The molecule has 1 aliphatic carbocycles. The number of aryl methyl sites for hydroxylation is 2. The Morgan fingerprint density at radius 3 is 2.82 bits per heavy atom. The molecule has 0 spiro atoms. The Kier molecular flexibility index (Phi) is 7.22. The van der Waals surface area contributed by atoms with E-state index in [0.717, 1.165) is 36.1 Å². The van der Waals surface area contributed by atoms with Crippen molar-refractivity contribution in [3.05, 3.63) is 38.4 Å². The van der Waals surface area contributed by atoms with E-state index in [9.17, 15) is 14.4 Å². The van der Waals surface area contributed by atoms with Crippen molar-refractivity contribution in [2.24, 2.45) is 0 Å². The van der Waals surface area contributed by atoms with Gasteiger partial charge in [0.2, 0.25) is 0 Å². The summed E-state index contributed by atoms with van der Waals surface area (Å²) in [6.07, 6.45) is 4.50. The number of carbonyl (C=O) groups is 3. The number of esters is 2. The molecule has 1 N–H and O–H groups in total. The molecule has 0 aromatic carbocycles. The average Bonchev–Trinajstić information content (AvgIpc) is 3.37. The number of hydrogen-bond donors (Lipinski definition) is 1. The highest BCUT2D eigenvalue weighted by Gasteiger charge is 2.28.